The van der Waals surface area contributed by atoms with E-state index in [9.17, 15) is 22.8 Å². The number of carbonyl (C=O) groups is 2. The van der Waals surface area contributed by atoms with Crippen LogP contribution in [-0.4, -0.2) is 42.4 Å². The fraction of sp³-hybridized carbons (Fsp3) is 0.778. The highest BCUT2D eigenvalue weighted by atomic mass is 19.4. The third-order valence-electron chi connectivity index (χ3n) is 1.71. The summed E-state index contributed by atoms with van der Waals surface area (Å²) in [5.74, 6) is -1.84. The zero-order chi connectivity index (χ0) is 13.5. The summed E-state index contributed by atoms with van der Waals surface area (Å²) in [6.45, 7) is 0.579. The maximum atomic E-state index is 11.7. The number of rotatable bonds is 7. The smallest absolute Gasteiger partial charge is 0.389 e. The van der Waals surface area contributed by atoms with Crippen LogP contribution in [0.3, 0.4) is 0 Å². The number of ether oxygens (including phenoxy) is 1. The predicted molar refractivity (Wildman–Crippen MR) is 51.3 cm³/mol. The van der Waals surface area contributed by atoms with Gasteiger partial charge in [-0.3, -0.25) is 4.79 Å². The van der Waals surface area contributed by atoms with Crippen molar-refractivity contribution in [3.05, 3.63) is 0 Å². The van der Waals surface area contributed by atoms with Crippen molar-refractivity contribution in [1.82, 2.24) is 5.32 Å². The molecule has 100 valence electrons. The van der Waals surface area contributed by atoms with Crippen LogP contribution >= 0.6 is 0 Å². The Labute approximate surface area is 95.9 Å². The van der Waals surface area contributed by atoms with E-state index in [1.807, 2.05) is 0 Å². The Kier molecular flexibility index (Phi) is 6.55. The highest BCUT2D eigenvalue weighted by molar-refractivity contribution is 5.82. The van der Waals surface area contributed by atoms with Gasteiger partial charge in [0.15, 0.2) is 6.04 Å². The minimum absolute atomic E-state index is 0.205. The molecule has 0 aliphatic rings. The molecule has 0 aromatic carbocycles. The summed E-state index contributed by atoms with van der Waals surface area (Å²) < 4.78 is 40.0. The number of alkyl halides is 3. The van der Waals surface area contributed by atoms with E-state index in [2.05, 4.69) is 5.32 Å². The molecular formula is C9H14F3NO4. The normalized spacial score (nSPS) is 13.2. The molecule has 0 aliphatic carbocycles. The molecular weight excluding hydrogens is 243 g/mol. The largest absolute Gasteiger partial charge is 0.480 e. The van der Waals surface area contributed by atoms with Gasteiger partial charge in [-0.25, -0.2) is 4.79 Å². The van der Waals surface area contributed by atoms with Crippen LogP contribution in [0.15, 0.2) is 0 Å². The number of aliphatic carboxylic acids is 1. The van der Waals surface area contributed by atoms with Gasteiger partial charge in [0.05, 0.1) is 6.61 Å². The van der Waals surface area contributed by atoms with E-state index in [0.717, 1.165) is 6.92 Å². The number of nitrogens with one attached hydrogen (secondary N) is 1. The van der Waals surface area contributed by atoms with Crippen molar-refractivity contribution in [2.75, 3.05) is 13.2 Å². The van der Waals surface area contributed by atoms with Gasteiger partial charge in [0.2, 0.25) is 5.91 Å². The van der Waals surface area contributed by atoms with E-state index in [-0.39, 0.29) is 19.6 Å². The van der Waals surface area contributed by atoms with E-state index < -0.39 is 30.5 Å². The molecule has 1 amide bonds. The van der Waals surface area contributed by atoms with Crippen molar-refractivity contribution in [3.8, 4) is 0 Å². The average molecular weight is 257 g/mol. The predicted octanol–water partition coefficient (Wildman–Crippen LogP) is 0.935. The fourth-order valence-electron chi connectivity index (χ4n) is 0.996. The van der Waals surface area contributed by atoms with E-state index in [4.69, 9.17) is 9.84 Å². The lowest BCUT2D eigenvalue weighted by molar-refractivity contribution is -0.145. The van der Waals surface area contributed by atoms with E-state index in [0.29, 0.717) is 0 Å². The van der Waals surface area contributed by atoms with Crippen LogP contribution in [-0.2, 0) is 14.3 Å². The van der Waals surface area contributed by atoms with Gasteiger partial charge in [0.25, 0.3) is 0 Å². The van der Waals surface area contributed by atoms with Crippen molar-refractivity contribution in [2.45, 2.75) is 32.0 Å². The molecule has 0 radical (unpaired) electrons. The quantitative estimate of drug-likeness (QED) is 0.665. The van der Waals surface area contributed by atoms with Gasteiger partial charge in [-0.2, -0.15) is 13.2 Å². The number of carboxylic acids is 1. The minimum atomic E-state index is -4.24. The van der Waals surface area contributed by atoms with Crippen LogP contribution in [0.5, 0.6) is 0 Å². The molecule has 0 aromatic rings. The molecule has 0 fully saturated rings. The first-order valence-electron chi connectivity index (χ1n) is 4.87. The zero-order valence-electron chi connectivity index (χ0n) is 9.21. The van der Waals surface area contributed by atoms with Crippen LogP contribution in [0.4, 0.5) is 13.2 Å². The second-order valence-electron chi connectivity index (χ2n) is 3.38. The van der Waals surface area contributed by atoms with Gasteiger partial charge in [0.1, 0.15) is 0 Å². The first kappa shape index (κ1) is 15.7. The molecule has 5 nitrogen and oxygen atoms in total. The zero-order valence-corrected chi connectivity index (χ0v) is 9.21. The van der Waals surface area contributed by atoms with Crippen molar-refractivity contribution in [3.63, 3.8) is 0 Å². The van der Waals surface area contributed by atoms with Gasteiger partial charge in [-0.15, -0.1) is 0 Å². The standard InChI is InChI=1S/C9H14F3NO4/c1-6(14)13-7(8(15)16)5-17-4-2-3-9(10,11)12/h7H,2-5H2,1H3,(H,13,14)(H,15,16). The van der Waals surface area contributed by atoms with Gasteiger partial charge in [-0.05, 0) is 6.42 Å². The molecule has 1 atom stereocenters. The van der Waals surface area contributed by atoms with Crippen LogP contribution in [0.1, 0.15) is 19.8 Å². The summed E-state index contributed by atoms with van der Waals surface area (Å²) in [7, 11) is 0. The number of hydrogen-bond acceptors (Lipinski definition) is 3. The molecule has 2 N–H and O–H groups in total. The van der Waals surface area contributed by atoms with Gasteiger partial charge in [-0.1, -0.05) is 0 Å². The molecule has 0 rings (SSSR count). The summed E-state index contributed by atoms with van der Waals surface area (Å²) >= 11 is 0. The van der Waals surface area contributed by atoms with Crippen LogP contribution in [0, 0.1) is 0 Å². The first-order valence-corrected chi connectivity index (χ1v) is 4.87. The van der Waals surface area contributed by atoms with Crippen molar-refractivity contribution < 1.29 is 32.6 Å². The highest BCUT2D eigenvalue weighted by Gasteiger charge is 2.26. The van der Waals surface area contributed by atoms with Gasteiger partial charge >= 0.3 is 12.1 Å². The summed E-state index contributed by atoms with van der Waals surface area (Å²) in [4.78, 5) is 21.2. The first-order chi connectivity index (χ1) is 7.72. The number of amides is 1. The molecule has 17 heavy (non-hydrogen) atoms. The van der Waals surface area contributed by atoms with Gasteiger partial charge in [0, 0.05) is 20.0 Å². The summed E-state index contributed by atoms with van der Waals surface area (Å²) in [5, 5.41) is 10.7. The third-order valence-corrected chi connectivity index (χ3v) is 1.71. The molecule has 0 aromatic heterocycles. The second kappa shape index (κ2) is 7.10. The highest BCUT2D eigenvalue weighted by Crippen LogP contribution is 2.20. The summed E-state index contributed by atoms with van der Waals surface area (Å²) in [6.07, 6.45) is -5.46. The Hall–Kier alpha value is -1.31. The van der Waals surface area contributed by atoms with Crippen molar-refractivity contribution in [1.29, 1.82) is 0 Å². The number of carboxylic acid groups (broad SMARTS) is 1. The summed E-state index contributed by atoms with van der Waals surface area (Å²) in [5.41, 5.74) is 0. The van der Waals surface area contributed by atoms with E-state index in [1.165, 1.54) is 0 Å². The van der Waals surface area contributed by atoms with Crippen LogP contribution in [0.25, 0.3) is 0 Å². The Morgan fingerprint density at radius 3 is 2.41 bits per heavy atom. The van der Waals surface area contributed by atoms with Crippen molar-refractivity contribution >= 4 is 11.9 Å². The third kappa shape index (κ3) is 9.61. The Bertz CT molecular complexity index is 267. The van der Waals surface area contributed by atoms with E-state index >= 15 is 0 Å². The lowest BCUT2D eigenvalue weighted by atomic mass is 10.3. The average Bonchev–Trinajstić information content (AvgIpc) is 2.12. The van der Waals surface area contributed by atoms with E-state index in [1.54, 1.807) is 0 Å². The maximum absolute atomic E-state index is 11.7. The van der Waals surface area contributed by atoms with Crippen molar-refractivity contribution in [2.24, 2.45) is 0 Å². The fourth-order valence-corrected chi connectivity index (χ4v) is 0.996. The molecule has 0 saturated heterocycles. The molecule has 0 bridgehead atoms. The minimum Gasteiger partial charge on any atom is -0.480 e. The number of hydrogen-bond donors (Lipinski definition) is 2. The monoisotopic (exact) mass is 257 g/mol. The van der Waals surface area contributed by atoms with Crippen LogP contribution < -0.4 is 5.32 Å². The second-order valence-corrected chi connectivity index (χ2v) is 3.38. The van der Waals surface area contributed by atoms with Gasteiger partial charge < -0.3 is 15.2 Å². The SMILES string of the molecule is CC(=O)NC(COCCCC(F)(F)F)C(=O)O. The summed E-state index contributed by atoms with van der Waals surface area (Å²) in [6, 6.07) is -1.24. The molecule has 0 heterocycles. The van der Waals surface area contributed by atoms with Crippen LogP contribution in [0.2, 0.25) is 0 Å². The molecule has 1 unspecified atom stereocenters. The lowest BCUT2D eigenvalue weighted by Gasteiger charge is -2.13. The Balaban J connectivity index is 3.76. The molecule has 8 heteroatoms. The number of halogens is 3. The Morgan fingerprint density at radius 1 is 1.41 bits per heavy atom. The number of carbonyl (C=O) groups excluding carboxylic acids is 1. The Morgan fingerprint density at radius 2 is 2.00 bits per heavy atom. The molecule has 0 spiro atoms. The lowest BCUT2D eigenvalue weighted by Crippen LogP contribution is -2.43. The maximum Gasteiger partial charge on any atom is 0.389 e. The molecule has 0 saturated carbocycles. The molecule has 0 aliphatic heterocycles. The topological polar surface area (TPSA) is 75.6 Å².